The second-order valence-electron chi connectivity index (χ2n) is 4.41. The number of halogens is 2. The summed E-state index contributed by atoms with van der Waals surface area (Å²) in [5.41, 5.74) is 6.93. The number of rotatable bonds is 4. The van der Waals surface area contributed by atoms with Crippen molar-refractivity contribution < 1.29 is 13.9 Å². The summed E-state index contributed by atoms with van der Waals surface area (Å²) in [5.74, 6) is -0.391. The molecule has 0 saturated heterocycles. The van der Waals surface area contributed by atoms with Crippen LogP contribution in [0.1, 0.15) is 0 Å². The molecule has 0 bridgehead atoms. The van der Waals surface area contributed by atoms with Gasteiger partial charge in [-0.1, -0.05) is 0 Å². The fourth-order valence-electron chi connectivity index (χ4n) is 1.67. The Bertz CT molecular complexity index is 647. The highest BCUT2D eigenvalue weighted by atomic mass is 79.9. The summed E-state index contributed by atoms with van der Waals surface area (Å²) in [6, 6.07) is 11.0. The van der Waals surface area contributed by atoms with Crippen molar-refractivity contribution >= 4 is 33.2 Å². The van der Waals surface area contributed by atoms with Gasteiger partial charge in [0.15, 0.2) is 6.61 Å². The van der Waals surface area contributed by atoms with Crippen molar-refractivity contribution in [1.82, 2.24) is 0 Å². The van der Waals surface area contributed by atoms with Gasteiger partial charge in [0.25, 0.3) is 5.91 Å². The molecular weight excluding hydrogens is 339 g/mol. The van der Waals surface area contributed by atoms with Crippen molar-refractivity contribution in [2.45, 2.75) is 0 Å². The molecule has 21 heavy (non-hydrogen) atoms. The molecule has 0 heterocycles. The van der Waals surface area contributed by atoms with E-state index in [-0.39, 0.29) is 18.3 Å². The van der Waals surface area contributed by atoms with Gasteiger partial charge in [-0.25, -0.2) is 4.39 Å². The van der Waals surface area contributed by atoms with E-state index in [1.54, 1.807) is 31.3 Å². The monoisotopic (exact) mass is 352 g/mol. The number of anilines is 2. The summed E-state index contributed by atoms with van der Waals surface area (Å²) in [6.07, 6.45) is 0. The standard InChI is InChI=1S/C15H14BrFN2O2/c1-19(12-5-3-11(18)4-6-12)15(20)9-21-14-8-10(17)2-7-13(14)16/h2-8H,9,18H2,1H3. The number of nitrogens with zero attached hydrogens (tertiary/aromatic N) is 1. The third kappa shape index (κ3) is 3.95. The van der Waals surface area contributed by atoms with Crippen LogP contribution in [0.5, 0.6) is 5.75 Å². The van der Waals surface area contributed by atoms with Crippen molar-refractivity contribution in [3.8, 4) is 5.75 Å². The van der Waals surface area contributed by atoms with Gasteiger partial charge in [-0.15, -0.1) is 0 Å². The van der Waals surface area contributed by atoms with Crippen LogP contribution in [-0.2, 0) is 4.79 Å². The highest BCUT2D eigenvalue weighted by Gasteiger charge is 2.13. The molecule has 2 aromatic carbocycles. The van der Waals surface area contributed by atoms with Gasteiger partial charge in [0, 0.05) is 24.5 Å². The van der Waals surface area contributed by atoms with Crippen molar-refractivity contribution in [1.29, 1.82) is 0 Å². The van der Waals surface area contributed by atoms with E-state index >= 15 is 0 Å². The topological polar surface area (TPSA) is 55.6 Å². The van der Waals surface area contributed by atoms with Crippen LogP contribution in [0.15, 0.2) is 46.9 Å². The van der Waals surface area contributed by atoms with E-state index in [0.717, 1.165) is 0 Å². The molecule has 0 fully saturated rings. The van der Waals surface area contributed by atoms with Crippen molar-refractivity contribution in [2.75, 3.05) is 24.3 Å². The number of benzene rings is 2. The van der Waals surface area contributed by atoms with Gasteiger partial charge in [-0.05, 0) is 52.3 Å². The summed E-state index contributed by atoms with van der Waals surface area (Å²) >= 11 is 3.24. The fourth-order valence-corrected chi connectivity index (χ4v) is 2.03. The van der Waals surface area contributed by atoms with Crippen molar-refractivity contribution in [3.05, 3.63) is 52.8 Å². The van der Waals surface area contributed by atoms with Gasteiger partial charge in [-0.2, -0.15) is 0 Å². The Balaban J connectivity index is 2.01. The number of likely N-dealkylation sites (N-methyl/N-ethyl adjacent to an activating group) is 1. The molecule has 0 aromatic heterocycles. The fraction of sp³-hybridized carbons (Fsp3) is 0.133. The molecule has 2 rings (SSSR count). The van der Waals surface area contributed by atoms with Gasteiger partial charge in [0.1, 0.15) is 11.6 Å². The van der Waals surface area contributed by atoms with E-state index in [9.17, 15) is 9.18 Å². The van der Waals surface area contributed by atoms with E-state index in [2.05, 4.69) is 15.9 Å². The molecule has 4 nitrogen and oxygen atoms in total. The summed E-state index contributed by atoms with van der Waals surface area (Å²) in [6.45, 7) is -0.192. The average Bonchev–Trinajstić information content (AvgIpc) is 2.48. The molecule has 2 N–H and O–H groups in total. The Kier molecular flexibility index (Phi) is 4.80. The number of nitrogen functional groups attached to an aromatic ring is 1. The Morgan fingerprint density at radius 3 is 2.62 bits per heavy atom. The highest BCUT2D eigenvalue weighted by Crippen LogP contribution is 2.25. The molecule has 2 aromatic rings. The van der Waals surface area contributed by atoms with Gasteiger partial charge in [-0.3, -0.25) is 4.79 Å². The molecular formula is C15H14BrFN2O2. The first-order chi connectivity index (χ1) is 9.97. The number of nitrogens with two attached hydrogens (primary N) is 1. The number of ether oxygens (including phenoxy) is 1. The lowest BCUT2D eigenvalue weighted by Crippen LogP contribution is -2.31. The summed E-state index contributed by atoms with van der Waals surface area (Å²) in [4.78, 5) is 13.5. The Labute approximate surface area is 130 Å². The Morgan fingerprint density at radius 2 is 1.95 bits per heavy atom. The third-order valence-corrected chi connectivity index (χ3v) is 3.55. The van der Waals surface area contributed by atoms with Crippen LogP contribution in [0.4, 0.5) is 15.8 Å². The number of amides is 1. The molecule has 0 aliphatic heterocycles. The van der Waals surface area contributed by atoms with Crippen LogP contribution in [-0.4, -0.2) is 19.6 Å². The van der Waals surface area contributed by atoms with Crippen LogP contribution < -0.4 is 15.4 Å². The highest BCUT2D eigenvalue weighted by molar-refractivity contribution is 9.10. The predicted octanol–water partition coefficient (Wildman–Crippen LogP) is 3.21. The van der Waals surface area contributed by atoms with Crippen LogP contribution in [0, 0.1) is 5.82 Å². The molecule has 0 aliphatic carbocycles. The molecule has 110 valence electrons. The maximum Gasteiger partial charge on any atom is 0.264 e. The van der Waals surface area contributed by atoms with Gasteiger partial charge < -0.3 is 15.4 Å². The molecule has 0 radical (unpaired) electrons. The molecule has 0 spiro atoms. The van der Waals surface area contributed by atoms with Gasteiger partial charge in [0.05, 0.1) is 4.47 Å². The normalized spacial score (nSPS) is 10.2. The molecule has 0 aliphatic rings. The SMILES string of the molecule is CN(C(=O)COc1cc(F)ccc1Br)c1ccc(N)cc1. The average molecular weight is 353 g/mol. The maximum absolute atomic E-state index is 13.1. The number of hydrogen-bond donors (Lipinski definition) is 1. The zero-order valence-corrected chi connectivity index (χ0v) is 12.9. The summed E-state index contributed by atoms with van der Waals surface area (Å²) in [7, 11) is 1.64. The first-order valence-corrected chi connectivity index (χ1v) is 6.96. The molecule has 0 atom stereocenters. The third-order valence-electron chi connectivity index (χ3n) is 2.90. The minimum absolute atomic E-state index is 0.192. The lowest BCUT2D eigenvalue weighted by atomic mass is 10.2. The number of hydrogen-bond acceptors (Lipinski definition) is 3. The molecule has 6 heteroatoms. The minimum Gasteiger partial charge on any atom is -0.482 e. The molecule has 0 unspecified atom stereocenters. The smallest absolute Gasteiger partial charge is 0.264 e. The second-order valence-corrected chi connectivity index (χ2v) is 5.26. The first kappa shape index (κ1) is 15.3. The van der Waals surface area contributed by atoms with Crippen LogP contribution in [0.3, 0.4) is 0 Å². The zero-order valence-electron chi connectivity index (χ0n) is 11.3. The van der Waals surface area contributed by atoms with Crippen LogP contribution >= 0.6 is 15.9 Å². The molecule has 0 saturated carbocycles. The quantitative estimate of drug-likeness (QED) is 0.859. The van der Waals surface area contributed by atoms with Crippen LogP contribution in [0.2, 0.25) is 0 Å². The lowest BCUT2D eigenvalue weighted by molar-refractivity contribution is -0.120. The number of carbonyl (C=O) groups excluding carboxylic acids is 1. The minimum atomic E-state index is -0.424. The van der Waals surface area contributed by atoms with E-state index in [0.29, 0.717) is 15.8 Å². The Hall–Kier alpha value is -2.08. The van der Waals surface area contributed by atoms with E-state index in [4.69, 9.17) is 10.5 Å². The maximum atomic E-state index is 13.1. The largest absolute Gasteiger partial charge is 0.482 e. The zero-order chi connectivity index (χ0) is 15.4. The summed E-state index contributed by atoms with van der Waals surface area (Å²) in [5, 5.41) is 0. The van der Waals surface area contributed by atoms with E-state index < -0.39 is 5.82 Å². The lowest BCUT2D eigenvalue weighted by Gasteiger charge is -2.18. The van der Waals surface area contributed by atoms with E-state index in [1.807, 2.05) is 0 Å². The number of carbonyl (C=O) groups is 1. The Morgan fingerprint density at radius 1 is 1.29 bits per heavy atom. The van der Waals surface area contributed by atoms with Crippen molar-refractivity contribution in [3.63, 3.8) is 0 Å². The van der Waals surface area contributed by atoms with Gasteiger partial charge >= 0.3 is 0 Å². The van der Waals surface area contributed by atoms with Crippen molar-refractivity contribution in [2.24, 2.45) is 0 Å². The molecule has 1 amide bonds. The van der Waals surface area contributed by atoms with Crippen LogP contribution in [0.25, 0.3) is 0 Å². The second kappa shape index (κ2) is 6.58. The summed E-state index contributed by atoms with van der Waals surface area (Å²) < 4.78 is 19.1. The van der Waals surface area contributed by atoms with Gasteiger partial charge in [0.2, 0.25) is 0 Å². The first-order valence-electron chi connectivity index (χ1n) is 6.17. The predicted molar refractivity (Wildman–Crippen MR) is 83.9 cm³/mol. The van der Waals surface area contributed by atoms with E-state index in [1.165, 1.54) is 23.1 Å².